The lowest BCUT2D eigenvalue weighted by Gasteiger charge is -2.36. The number of rotatable bonds is 8. The normalized spacial score (nSPS) is 19.4. The predicted octanol–water partition coefficient (Wildman–Crippen LogP) is 3.49. The zero-order valence-electron chi connectivity index (χ0n) is 16.6. The number of nitrogens with zero attached hydrogens (tertiary/aromatic N) is 1. The van der Waals surface area contributed by atoms with Crippen LogP contribution in [0.5, 0.6) is 0 Å². The van der Waals surface area contributed by atoms with Gasteiger partial charge in [0.25, 0.3) is 0 Å². The molecule has 2 amide bonds. The van der Waals surface area contributed by atoms with E-state index in [1.165, 1.54) is 19.3 Å². The average molecular weight is 357 g/mol. The van der Waals surface area contributed by atoms with Gasteiger partial charge in [0, 0.05) is 19.5 Å². The molecule has 0 spiro atoms. The molecule has 6 heteroatoms. The zero-order valence-corrected chi connectivity index (χ0v) is 16.6. The molecule has 0 aromatic carbocycles. The predicted molar refractivity (Wildman–Crippen MR) is 98.5 cm³/mol. The monoisotopic (exact) mass is 356 g/mol. The Hall–Kier alpha value is -1.30. The largest absolute Gasteiger partial charge is 0.444 e. The number of carbonyl (C=O) groups excluding carboxylic acids is 2. The topological polar surface area (TPSA) is 67.9 Å². The average Bonchev–Trinajstić information content (AvgIpc) is 2.52. The van der Waals surface area contributed by atoms with Crippen molar-refractivity contribution in [1.29, 1.82) is 0 Å². The quantitative estimate of drug-likeness (QED) is 0.676. The van der Waals surface area contributed by atoms with Crippen molar-refractivity contribution >= 4 is 12.0 Å². The maximum atomic E-state index is 12.4. The van der Waals surface area contributed by atoms with Crippen LogP contribution in [-0.2, 0) is 14.3 Å². The van der Waals surface area contributed by atoms with Crippen LogP contribution in [0.15, 0.2) is 0 Å². The summed E-state index contributed by atoms with van der Waals surface area (Å²) in [7, 11) is 0. The van der Waals surface area contributed by atoms with Crippen molar-refractivity contribution in [2.45, 2.75) is 90.9 Å². The van der Waals surface area contributed by atoms with Gasteiger partial charge in [-0.2, -0.15) is 0 Å². The van der Waals surface area contributed by atoms with E-state index in [1.54, 1.807) is 0 Å². The summed E-state index contributed by atoms with van der Waals surface area (Å²) in [5.41, 5.74) is -0.531. The number of hydrogen-bond acceptors (Lipinski definition) is 4. The van der Waals surface area contributed by atoms with Crippen LogP contribution in [0.4, 0.5) is 4.79 Å². The Morgan fingerprint density at radius 3 is 2.56 bits per heavy atom. The molecule has 0 bridgehead atoms. The summed E-state index contributed by atoms with van der Waals surface area (Å²) >= 11 is 0. The summed E-state index contributed by atoms with van der Waals surface area (Å²) in [5, 5.41) is 2.81. The first kappa shape index (κ1) is 21.7. The van der Waals surface area contributed by atoms with Crippen LogP contribution in [0.1, 0.15) is 73.1 Å². The van der Waals surface area contributed by atoms with Gasteiger partial charge in [0.15, 0.2) is 0 Å². The Morgan fingerprint density at radius 1 is 1.24 bits per heavy atom. The molecule has 1 fully saturated rings. The van der Waals surface area contributed by atoms with Crippen molar-refractivity contribution in [3.05, 3.63) is 0 Å². The molecule has 25 heavy (non-hydrogen) atoms. The molecular weight excluding hydrogens is 320 g/mol. The summed E-state index contributed by atoms with van der Waals surface area (Å²) in [6.45, 7) is 11.2. The number of ether oxygens (including phenoxy) is 2. The molecule has 2 unspecified atom stereocenters. The van der Waals surface area contributed by atoms with Gasteiger partial charge >= 0.3 is 6.09 Å². The molecule has 1 heterocycles. The number of alkyl carbamates (subject to hydrolysis) is 1. The molecular formula is C19H36N2O4. The minimum absolute atomic E-state index is 0.189. The number of hydrogen-bond donors (Lipinski definition) is 1. The van der Waals surface area contributed by atoms with Crippen LogP contribution in [0.3, 0.4) is 0 Å². The Kier molecular flexibility index (Phi) is 9.25. The summed E-state index contributed by atoms with van der Waals surface area (Å²) in [5.74, 6) is 0.189. The van der Waals surface area contributed by atoms with Crippen LogP contribution in [0.25, 0.3) is 0 Å². The van der Waals surface area contributed by atoms with E-state index in [-0.39, 0.29) is 18.1 Å². The molecule has 146 valence electrons. The maximum Gasteiger partial charge on any atom is 0.407 e. The van der Waals surface area contributed by atoms with Crippen LogP contribution in [-0.4, -0.2) is 54.3 Å². The summed E-state index contributed by atoms with van der Waals surface area (Å²) < 4.78 is 11.0. The van der Waals surface area contributed by atoms with E-state index in [4.69, 9.17) is 9.47 Å². The Bertz CT molecular complexity index is 420. The van der Waals surface area contributed by atoms with Crippen molar-refractivity contribution in [1.82, 2.24) is 10.2 Å². The summed E-state index contributed by atoms with van der Waals surface area (Å²) in [6, 6.07) is -0.213. The van der Waals surface area contributed by atoms with Crippen molar-refractivity contribution in [3.8, 4) is 0 Å². The molecule has 0 saturated carbocycles. The fourth-order valence-corrected chi connectivity index (χ4v) is 2.83. The van der Waals surface area contributed by atoms with Crippen molar-refractivity contribution in [3.63, 3.8) is 0 Å². The van der Waals surface area contributed by atoms with Gasteiger partial charge in [0.2, 0.25) is 5.91 Å². The van der Waals surface area contributed by atoms with Crippen molar-refractivity contribution < 1.29 is 19.1 Å². The van der Waals surface area contributed by atoms with Crippen molar-refractivity contribution in [2.75, 3.05) is 19.7 Å². The Labute approximate surface area is 152 Å². The molecule has 1 saturated heterocycles. The van der Waals surface area contributed by atoms with Gasteiger partial charge in [-0.3, -0.25) is 4.79 Å². The smallest absolute Gasteiger partial charge is 0.407 e. The minimum atomic E-state index is -0.531. The van der Waals surface area contributed by atoms with Crippen LogP contribution in [0, 0.1) is 0 Å². The lowest BCUT2D eigenvalue weighted by atomic mass is 10.1. The van der Waals surface area contributed by atoms with E-state index < -0.39 is 11.7 Å². The molecule has 1 rings (SSSR count). The molecule has 0 aliphatic carbocycles. The highest BCUT2D eigenvalue weighted by atomic mass is 16.6. The first-order valence-electron chi connectivity index (χ1n) is 9.62. The second-order valence-corrected chi connectivity index (χ2v) is 7.85. The third-order valence-corrected chi connectivity index (χ3v) is 4.24. The fourth-order valence-electron chi connectivity index (χ4n) is 2.83. The number of amides is 2. The van der Waals surface area contributed by atoms with Gasteiger partial charge in [-0.15, -0.1) is 0 Å². The maximum absolute atomic E-state index is 12.4. The highest BCUT2D eigenvalue weighted by Gasteiger charge is 2.29. The van der Waals surface area contributed by atoms with Crippen molar-refractivity contribution in [2.24, 2.45) is 0 Å². The molecule has 1 aliphatic rings. The van der Waals surface area contributed by atoms with E-state index in [2.05, 4.69) is 12.2 Å². The first-order valence-corrected chi connectivity index (χ1v) is 9.62. The lowest BCUT2D eigenvalue weighted by molar-refractivity contribution is -0.139. The van der Waals surface area contributed by atoms with Gasteiger partial charge < -0.3 is 19.7 Å². The second kappa shape index (κ2) is 10.6. The van der Waals surface area contributed by atoms with E-state index in [0.717, 1.165) is 12.8 Å². The number of unbranched alkanes of at least 4 members (excludes halogenated alkanes) is 4. The molecule has 0 radical (unpaired) electrons. The SMILES string of the molecule is CCCCCCCC(=O)N1CCOC(C(C)NC(=O)OC(C)(C)C)C1. The number of carbonyl (C=O) groups is 2. The summed E-state index contributed by atoms with van der Waals surface area (Å²) in [4.78, 5) is 26.1. The van der Waals surface area contributed by atoms with E-state index in [0.29, 0.717) is 26.1 Å². The first-order chi connectivity index (χ1) is 11.7. The van der Waals surface area contributed by atoms with Gasteiger partial charge in [-0.05, 0) is 34.1 Å². The summed E-state index contributed by atoms with van der Waals surface area (Å²) in [6.07, 6.45) is 5.66. The Morgan fingerprint density at radius 2 is 1.92 bits per heavy atom. The van der Waals surface area contributed by atoms with E-state index in [9.17, 15) is 9.59 Å². The van der Waals surface area contributed by atoms with Crippen LogP contribution < -0.4 is 5.32 Å². The van der Waals surface area contributed by atoms with Gasteiger partial charge in [-0.25, -0.2) is 4.79 Å². The highest BCUT2D eigenvalue weighted by molar-refractivity contribution is 5.76. The second-order valence-electron chi connectivity index (χ2n) is 7.85. The van der Waals surface area contributed by atoms with Crippen LogP contribution >= 0.6 is 0 Å². The standard InChI is InChI=1S/C19H36N2O4/c1-6-7-8-9-10-11-17(22)21-12-13-24-16(14-21)15(2)20-18(23)25-19(3,4)5/h15-16H,6-14H2,1-5H3,(H,20,23). The van der Waals surface area contributed by atoms with Gasteiger partial charge in [0.05, 0.1) is 18.8 Å². The Balaban J connectivity index is 2.37. The molecule has 6 nitrogen and oxygen atoms in total. The van der Waals surface area contributed by atoms with Crippen LogP contribution in [0.2, 0.25) is 0 Å². The molecule has 0 aromatic heterocycles. The highest BCUT2D eigenvalue weighted by Crippen LogP contribution is 2.14. The lowest BCUT2D eigenvalue weighted by Crippen LogP contribution is -2.54. The number of nitrogens with one attached hydrogen (secondary N) is 1. The van der Waals surface area contributed by atoms with E-state index in [1.807, 2.05) is 32.6 Å². The fraction of sp³-hybridized carbons (Fsp3) is 0.895. The molecule has 2 atom stereocenters. The molecule has 1 aliphatic heterocycles. The minimum Gasteiger partial charge on any atom is -0.444 e. The van der Waals surface area contributed by atoms with Gasteiger partial charge in [-0.1, -0.05) is 32.6 Å². The zero-order chi connectivity index (χ0) is 18.9. The number of morpholine rings is 1. The van der Waals surface area contributed by atoms with Gasteiger partial charge in [0.1, 0.15) is 5.60 Å². The molecule has 0 aromatic rings. The third-order valence-electron chi connectivity index (χ3n) is 4.24. The third kappa shape index (κ3) is 9.10. The molecule has 1 N–H and O–H groups in total. The van der Waals surface area contributed by atoms with E-state index >= 15 is 0 Å².